The van der Waals surface area contributed by atoms with Gasteiger partial charge in [-0.2, -0.15) is 5.26 Å². The van der Waals surface area contributed by atoms with Crippen molar-refractivity contribution in [2.24, 2.45) is 0 Å². The van der Waals surface area contributed by atoms with E-state index in [1.807, 2.05) is 25.1 Å². The van der Waals surface area contributed by atoms with E-state index in [0.29, 0.717) is 15.6 Å². The van der Waals surface area contributed by atoms with Gasteiger partial charge in [0.1, 0.15) is 6.07 Å². The van der Waals surface area contributed by atoms with Gasteiger partial charge < -0.3 is 5.32 Å². The largest absolute Gasteiger partial charge is 0.377 e. The first kappa shape index (κ1) is 15.2. The van der Waals surface area contributed by atoms with Gasteiger partial charge in [-0.1, -0.05) is 39.1 Å². The maximum absolute atomic E-state index is 9.14. The number of hydrogen-bond donors (Lipinski definition) is 1. The van der Waals surface area contributed by atoms with E-state index >= 15 is 0 Å². The molecule has 0 radical (unpaired) electrons. The molecule has 0 aliphatic carbocycles. The minimum Gasteiger partial charge on any atom is -0.377 e. The van der Waals surface area contributed by atoms with Gasteiger partial charge in [-0.25, -0.2) is 0 Å². The zero-order chi connectivity index (χ0) is 14.7. The Labute approximate surface area is 136 Å². The predicted molar refractivity (Wildman–Crippen MR) is 87.4 cm³/mol. The molecule has 0 saturated carbocycles. The molecular weight excluding hydrogens is 359 g/mol. The molecule has 2 aromatic rings. The van der Waals surface area contributed by atoms with E-state index in [2.05, 4.69) is 27.3 Å². The highest BCUT2D eigenvalue weighted by Gasteiger charge is 2.12. The molecule has 0 aliphatic rings. The van der Waals surface area contributed by atoms with E-state index in [0.717, 1.165) is 15.7 Å². The molecule has 0 bridgehead atoms. The summed E-state index contributed by atoms with van der Waals surface area (Å²) in [5, 5.41) is 13.7. The Morgan fingerprint density at radius 2 is 1.95 bits per heavy atom. The van der Waals surface area contributed by atoms with Crippen molar-refractivity contribution in [1.29, 1.82) is 5.26 Å². The second-order valence-corrected chi connectivity index (χ2v) is 6.09. The molecule has 2 rings (SSSR count). The molecule has 0 aromatic heterocycles. The quantitative estimate of drug-likeness (QED) is 0.741. The van der Waals surface area contributed by atoms with Crippen LogP contribution in [-0.4, -0.2) is 0 Å². The van der Waals surface area contributed by atoms with Gasteiger partial charge in [-0.15, -0.1) is 0 Å². The van der Waals surface area contributed by atoms with E-state index in [4.69, 9.17) is 28.5 Å². The van der Waals surface area contributed by atoms with Crippen LogP contribution >= 0.6 is 39.1 Å². The van der Waals surface area contributed by atoms with Crippen LogP contribution in [0.2, 0.25) is 10.0 Å². The smallest absolute Gasteiger partial charge is 0.101 e. The summed E-state index contributed by atoms with van der Waals surface area (Å²) in [6, 6.07) is 12.9. The maximum atomic E-state index is 9.14. The molecule has 102 valence electrons. The van der Waals surface area contributed by atoms with Crippen molar-refractivity contribution in [1.82, 2.24) is 0 Å². The average molecular weight is 370 g/mol. The fourth-order valence-corrected chi connectivity index (χ4v) is 2.71. The molecule has 5 heteroatoms. The molecule has 0 heterocycles. The van der Waals surface area contributed by atoms with E-state index in [-0.39, 0.29) is 6.04 Å². The Hall–Kier alpha value is -1.21. The molecule has 2 nitrogen and oxygen atoms in total. The van der Waals surface area contributed by atoms with Crippen LogP contribution in [-0.2, 0) is 0 Å². The van der Waals surface area contributed by atoms with Gasteiger partial charge >= 0.3 is 0 Å². The van der Waals surface area contributed by atoms with Crippen LogP contribution in [0.5, 0.6) is 0 Å². The summed E-state index contributed by atoms with van der Waals surface area (Å²) in [5.74, 6) is 0. The standard InChI is InChI=1S/C15H11BrCl2N2/c1-9(13-7-12(17)4-5-14(13)18)20-15-6-11(16)3-2-10(15)8-19/h2-7,9,20H,1H3. The first-order valence-electron chi connectivity index (χ1n) is 5.92. The van der Waals surface area contributed by atoms with Crippen molar-refractivity contribution >= 4 is 44.8 Å². The van der Waals surface area contributed by atoms with Crippen molar-refractivity contribution < 1.29 is 0 Å². The lowest BCUT2D eigenvalue weighted by atomic mass is 10.1. The summed E-state index contributed by atoms with van der Waals surface area (Å²) >= 11 is 15.6. The molecule has 0 aliphatic heterocycles. The lowest BCUT2D eigenvalue weighted by Crippen LogP contribution is -2.08. The second-order valence-electron chi connectivity index (χ2n) is 4.33. The highest BCUT2D eigenvalue weighted by molar-refractivity contribution is 9.10. The monoisotopic (exact) mass is 368 g/mol. The number of anilines is 1. The highest BCUT2D eigenvalue weighted by Crippen LogP contribution is 2.30. The minimum atomic E-state index is -0.0670. The van der Waals surface area contributed by atoms with Gasteiger partial charge in [0.2, 0.25) is 0 Å². The van der Waals surface area contributed by atoms with Gasteiger partial charge in [0.25, 0.3) is 0 Å². The lowest BCUT2D eigenvalue weighted by Gasteiger charge is -2.18. The first-order chi connectivity index (χ1) is 9.51. The van der Waals surface area contributed by atoms with Gasteiger partial charge in [0.05, 0.1) is 17.3 Å². The predicted octanol–water partition coefficient (Wildman–Crippen LogP) is 5.80. The van der Waals surface area contributed by atoms with Gasteiger partial charge in [0.15, 0.2) is 0 Å². The minimum absolute atomic E-state index is 0.0670. The summed E-state index contributed by atoms with van der Waals surface area (Å²) in [7, 11) is 0. The van der Waals surface area contributed by atoms with Crippen molar-refractivity contribution in [3.63, 3.8) is 0 Å². The number of nitriles is 1. The normalized spacial score (nSPS) is 11.8. The van der Waals surface area contributed by atoms with Crippen LogP contribution in [0.4, 0.5) is 5.69 Å². The molecule has 20 heavy (non-hydrogen) atoms. The third-order valence-corrected chi connectivity index (χ3v) is 3.97. The highest BCUT2D eigenvalue weighted by atomic mass is 79.9. The molecule has 0 fully saturated rings. The van der Waals surface area contributed by atoms with Crippen molar-refractivity contribution in [2.45, 2.75) is 13.0 Å². The number of halogens is 3. The SMILES string of the molecule is CC(Nc1cc(Br)ccc1C#N)c1cc(Cl)ccc1Cl. The van der Waals surface area contributed by atoms with Crippen molar-refractivity contribution in [3.05, 3.63) is 62.0 Å². The van der Waals surface area contributed by atoms with E-state index < -0.39 is 0 Å². The molecule has 0 amide bonds. The topological polar surface area (TPSA) is 35.8 Å². The second kappa shape index (κ2) is 6.49. The Kier molecular flexibility index (Phi) is 4.93. The average Bonchev–Trinajstić information content (AvgIpc) is 2.41. The number of hydrogen-bond acceptors (Lipinski definition) is 2. The van der Waals surface area contributed by atoms with Gasteiger partial charge in [-0.05, 0) is 48.9 Å². The summed E-state index contributed by atoms with van der Waals surface area (Å²) in [6.07, 6.45) is 0. The number of rotatable bonds is 3. The van der Waals surface area contributed by atoms with Crippen molar-refractivity contribution in [2.75, 3.05) is 5.32 Å². The molecular formula is C15H11BrCl2N2. The van der Waals surface area contributed by atoms with Crippen LogP contribution in [0, 0.1) is 11.3 Å². The summed E-state index contributed by atoms with van der Waals surface area (Å²) < 4.78 is 0.906. The van der Waals surface area contributed by atoms with Crippen LogP contribution in [0.3, 0.4) is 0 Å². The zero-order valence-electron chi connectivity index (χ0n) is 10.6. The third kappa shape index (κ3) is 3.46. The zero-order valence-corrected chi connectivity index (χ0v) is 13.7. The molecule has 2 aromatic carbocycles. The third-order valence-electron chi connectivity index (χ3n) is 2.90. The Balaban J connectivity index is 2.32. The number of benzene rings is 2. The Morgan fingerprint density at radius 1 is 1.20 bits per heavy atom. The maximum Gasteiger partial charge on any atom is 0.101 e. The fraction of sp³-hybridized carbons (Fsp3) is 0.133. The molecule has 1 N–H and O–H groups in total. The van der Waals surface area contributed by atoms with Crippen LogP contribution in [0.1, 0.15) is 24.1 Å². The van der Waals surface area contributed by atoms with Crippen molar-refractivity contribution in [3.8, 4) is 6.07 Å². The van der Waals surface area contributed by atoms with E-state index in [9.17, 15) is 0 Å². The summed E-state index contributed by atoms with van der Waals surface area (Å²) in [4.78, 5) is 0. The number of nitrogens with one attached hydrogen (secondary N) is 1. The molecule has 0 spiro atoms. The number of nitrogens with zero attached hydrogens (tertiary/aromatic N) is 1. The summed E-state index contributed by atoms with van der Waals surface area (Å²) in [6.45, 7) is 1.97. The Bertz CT molecular complexity index is 680. The molecule has 1 atom stereocenters. The fourth-order valence-electron chi connectivity index (χ4n) is 1.89. The molecule has 0 saturated heterocycles. The first-order valence-corrected chi connectivity index (χ1v) is 7.47. The van der Waals surface area contributed by atoms with Gasteiger partial charge in [-0.3, -0.25) is 0 Å². The van der Waals surface area contributed by atoms with Crippen LogP contribution in [0.25, 0.3) is 0 Å². The van der Waals surface area contributed by atoms with E-state index in [1.165, 1.54) is 0 Å². The Morgan fingerprint density at radius 3 is 2.65 bits per heavy atom. The van der Waals surface area contributed by atoms with Crippen LogP contribution < -0.4 is 5.32 Å². The van der Waals surface area contributed by atoms with Crippen LogP contribution in [0.15, 0.2) is 40.9 Å². The van der Waals surface area contributed by atoms with E-state index in [1.54, 1.807) is 18.2 Å². The molecule has 1 unspecified atom stereocenters. The van der Waals surface area contributed by atoms with Gasteiger partial charge in [0, 0.05) is 14.5 Å². The summed E-state index contributed by atoms with van der Waals surface area (Å²) in [5.41, 5.74) is 2.23. The lowest BCUT2D eigenvalue weighted by molar-refractivity contribution is 0.884.